The highest BCUT2D eigenvalue weighted by Gasteiger charge is 2.17. The molecule has 0 aliphatic heterocycles. The van der Waals surface area contributed by atoms with Gasteiger partial charge in [-0.3, -0.25) is 0 Å². The third-order valence-electron chi connectivity index (χ3n) is 2.04. The van der Waals surface area contributed by atoms with Crippen LogP contribution >= 0.6 is 0 Å². The molecule has 0 aromatic rings. The lowest BCUT2D eigenvalue weighted by Gasteiger charge is -2.04. The molecule has 0 N–H and O–H groups in total. The van der Waals surface area contributed by atoms with Crippen LogP contribution in [0.2, 0.25) is 0 Å². The van der Waals surface area contributed by atoms with Crippen LogP contribution in [0.1, 0.15) is 0 Å². The summed E-state index contributed by atoms with van der Waals surface area (Å²) in [4.78, 5) is 0.201. The van der Waals surface area contributed by atoms with E-state index in [1.165, 1.54) is 24.3 Å². The molecule has 0 spiro atoms. The van der Waals surface area contributed by atoms with E-state index in [0.29, 0.717) is 0 Å². The van der Waals surface area contributed by atoms with Crippen LogP contribution in [0.3, 0.4) is 0 Å². The smallest absolute Gasteiger partial charge is 0.206 e. The summed E-state index contributed by atoms with van der Waals surface area (Å²) >= 11 is 0. The van der Waals surface area contributed by atoms with Crippen molar-refractivity contribution in [3.8, 4) is 0 Å². The zero-order valence-corrected chi connectivity index (χ0v) is 11.6. The molecule has 0 aromatic carbocycles. The highest BCUT2D eigenvalue weighted by atomic mass is 32.2. The molecule has 0 bridgehead atoms. The number of rotatable bonds is 8. The van der Waals surface area contributed by atoms with E-state index in [2.05, 4.69) is 26.3 Å². The third kappa shape index (κ3) is 5.36. The van der Waals surface area contributed by atoms with E-state index in [4.69, 9.17) is 0 Å². The fourth-order valence-electron chi connectivity index (χ4n) is 1.13. The minimum atomic E-state index is -3.61. The van der Waals surface area contributed by atoms with E-state index in [1.54, 1.807) is 36.5 Å². The Balaban J connectivity index is 5.65. The first-order valence-corrected chi connectivity index (χ1v) is 7.01. The lowest BCUT2D eigenvalue weighted by Crippen LogP contribution is -2.04. The Morgan fingerprint density at radius 2 is 1.05 bits per heavy atom. The van der Waals surface area contributed by atoms with Gasteiger partial charge in [0.15, 0.2) is 0 Å². The Morgan fingerprint density at radius 3 is 1.32 bits per heavy atom. The standard InChI is InChI=1S/C16H18O2S/c1-5-9-11-13-15(7-3)19(17,18)16(8-4)14-12-10-6-2/h5-14H,1-4H2/b11-9-,12-10-,15-13+,16-14+. The van der Waals surface area contributed by atoms with Crippen molar-refractivity contribution in [3.63, 3.8) is 0 Å². The van der Waals surface area contributed by atoms with Crippen molar-refractivity contribution in [1.82, 2.24) is 0 Å². The van der Waals surface area contributed by atoms with E-state index in [1.807, 2.05) is 0 Å². The first kappa shape index (κ1) is 16.9. The normalized spacial score (nSPS) is 13.7. The van der Waals surface area contributed by atoms with Crippen LogP contribution in [-0.2, 0) is 9.84 Å². The largest absolute Gasteiger partial charge is 0.219 e. The van der Waals surface area contributed by atoms with Gasteiger partial charge in [0.1, 0.15) is 0 Å². The summed E-state index contributed by atoms with van der Waals surface area (Å²) in [6.45, 7) is 14.1. The van der Waals surface area contributed by atoms with E-state index in [-0.39, 0.29) is 9.81 Å². The van der Waals surface area contributed by atoms with Crippen LogP contribution in [0, 0.1) is 0 Å². The monoisotopic (exact) mass is 274 g/mol. The summed E-state index contributed by atoms with van der Waals surface area (Å²) in [5.74, 6) is 0. The summed E-state index contributed by atoms with van der Waals surface area (Å²) in [6.07, 6.45) is 15.0. The van der Waals surface area contributed by atoms with E-state index in [9.17, 15) is 8.42 Å². The zero-order valence-electron chi connectivity index (χ0n) is 10.8. The second-order valence-corrected chi connectivity index (χ2v) is 5.24. The maximum atomic E-state index is 12.3. The molecule has 0 heterocycles. The molecule has 0 saturated heterocycles. The fourth-order valence-corrected chi connectivity index (χ4v) is 2.36. The summed E-state index contributed by atoms with van der Waals surface area (Å²) in [7, 11) is -3.61. The van der Waals surface area contributed by atoms with Crippen LogP contribution < -0.4 is 0 Å². The number of hydrogen-bond donors (Lipinski definition) is 0. The molecule has 0 aliphatic carbocycles. The molecule has 0 amide bonds. The van der Waals surface area contributed by atoms with Crippen molar-refractivity contribution in [3.05, 3.63) is 96.9 Å². The predicted molar refractivity (Wildman–Crippen MR) is 84.2 cm³/mol. The molecule has 100 valence electrons. The molecule has 3 heteroatoms. The van der Waals surface area contributed by atoms with Gasteiger partial charge in [0, 0.05) is 0 Å². The SMILES string of the molecule is C=C/C=C\C=C(/C=C)S(=O)(=O)/C(C=C)=C/C=C\C=C. The van der Waals surface area contributed by atoms with E-state index >= 15 is 0 Å². The first-order valence-electron chi connectivity index (χ1n) is 5.53. The number of sulfone groups is 1. The molecule has 0 saturated carbocycles. The number of hydrogen-bond acceptors (Lipinski definition) is 2. The van der Waals surface area contributed by atoms with Crippen LogP contribution in [-0.4, -0.2) is 8.42 Å². The van der Waals surface area contributed by atoms with Crippen molar-refractivity contribution >= 4 is 9.84 Å². The van der Waals surface area contributed by atoms with Crippen LogP contribution in [0.15, 0.2) is 96.9 Å². The second kappa shape index (κ2) is 8.89. The molecule has 0 atom stereocenters. The van der Waals surface area contributed by atoms with Gasteiger partial charge < -0.3 is 0 Å². The molecular weight excluding hydrogens is 256 g/mol. The van der Waals surface area contributed by atoms with Crippen molar-refractivity contribution in [2.24, 2.45) is 0 Å². The summed E-state index contributed by atoms with van der Waals surface area (Å²) in [6, 6.07) is 0. The Morgan fingerprint density at radius 1 is 0.684 bits per heavy atom. The summed E-state index contributed by atoms with van der Waals surface area (Å²) in [5.41, 5.74) is 0. The number of allylic oxidation sites excluding steroid dienone is 10. The Bertz CT molecular complexity index is 522. The predicted octanol–water partition coefficient (Wildman–Crippen LogP) is 4.03. The molecule has 0 fully saturated rings. The fraction of sp³-hybridized carbons (Fsp3) is 0. The maximum Gasteiger partial charge on any atom is 0.206 e. The molecule has 2 nitrogen and oxygen atoms in total. The van der Waals surface area contributed by atoms with Gasteiger partial charge in [0.2, 0.25) is 9.84 Å². The quantitative estimate of drug-likeness (QED) is 0.626. The van der Waals surface area contributed by atoms with Gasteiger partial charge >= 0.3 is 0 Å². The average molecular weight is 274 g/mol. The molecule has 0 aromatic heterocycles. The van der Waals surface area contributed by atoms with Gasteiger partial charge in [-0.25, -0.2) is 8.42 Å². The van der Waals surface area contributed by atoms with Crippen molar-refractivity contribution < 1.29 is 8.42 Å². The summed E-state index contributed by atoms with van der Waals surface area (Å²) in [5, 5.41) is 0. The van der Waals surface area contributed by atoms with Gasteiger partial charge in [-0.15, -0.1) is 0 Å². The minimum absolute atomic E-state index is 0.101. The van der Waals surface area contributed by atoms with Crippen molar-refractivity contribution in [2.45, 2.75) is 0 Å². The lowest BCUT2D eigenvalue weighted by atomic mass is 10.4. The van der Waals surface area contributed by atoms with Gasteiger partial charge in [0.25, 0.3) is 0 Å². The Labute approximate surface area is 115 Å². The van der Waals surface area contributed by atoms with Crippen molar-refractivity contribution in [2.75, 3.05) is 0 Å². The second-order valence-electron chi connectivity index (χ2n) is 3.29. The molecule has 0 rings (SSSR count). The van der Waals surface area contributed by atoms with E-state index < -0.39 is 9.84 Å². The third-order valence-corrected chi connectivity index (χ3v) is 3.89. The highest BCUT2D eigenvalue weighted by Crippen LogP contribution is 2.19. The van der Waals surface area contributed by atoms with Crippen molar-refractivity contribution in [1.29, 1.82) is 0 Å². The highest BCUT2D eigenvalue weighted by molar-refractivity contribution is 7.99. The van der Waals surface area contributed by atoms with Gasteiger partial charge in [-0.05, 0) is 12.2 Å². The zero-order chi connectivity index (χ0) is 14.7. The van der Waals surface area contributed by atoms with E-state index in [0.717, 1.165) is 0 Å². The molecule has 0 radical (unpaired) electrons. The molecule has 0 unspecified atom stereocenters. The maximum absolute atomic E-state index is 12.3. The van der Waals surface area contributed by atoms with Crippen LogP contribution in [0.4, 0.5) is 0 Å². The van der Waals surface area contributed by atoms with Gasteiger partial charge in [-0.1, -0.05) is 74.9 Å². The average Bonchev–Trinajstić information content (AvgIpc) is 2.39. The first-order chi connectivity index (χ1) is 9.04. The Hall–Kier alpha value is -2.13. The van der Waals surface area contributed by atoms with Gasteiger partial charge in [0.05, 0.1) is 9.81 Å². The van der Waals surface area contributed by atoms with Gasteiger partial charge in [-0.2, -0.15) is 0 Å². The molecular formula is C16H18O2S. The molecule has 0 aliphatic rings. The van der Waals surface area contributed by atoms with Crippen LogP contribution in [0.5, 0.6) is 0 Å². The minimum Gasteiger partial charge on any atom is -0.219 e. The summed E-state index contributed by atoms with van der Waals surface area (Å²) < 4.78 is 24.6. The topological polar surface area (TPSA) is 34.1 Å². The van der Waals surface area contributed by atoms with Crippen LogP contribution in [0.25, 0.3) is 0 Å². The lowest BCUT2D eigenvalue weighted by molar-refractivity contribution is 0.609. The molecule has 19 heavy (non-hydrogen) atoms. The Kier molecular flexibility index (Phi) is 7.89.